The van der Waals surface area contributed by atoms with E-state index in [2.05, 4.69) is 24.1 Å². The fraction of sp³-hybridized carbons (Fsp3) is 0.273. The summed E-state index contributed by atoms with van der Waals surface area (Å²) in [5.74, 6) is 0.130. The molecule has 4 heteroatoms. The van der Waals surface area contributed by atoms with Gasteiger partial charge < -0.3 is 5.32 Å². The maximum atomic E-state index is 13.2. The van der Waals surface area contributed by atoms with Gasteiger partial charge in [0.15, 0.2) is 0 Å². The van der Waals surface area contributed by atoms with E-state index in [9.17, 15) is 9.18 Å². The van der Waals surface area contributed by atoms with Gasteiger partial charge in [0.05, 0.1) is 16.8 Å². The van der Waals surface area contributed by atoms with Crippen molar-refractivity contribution in [3.05, 3.63) is 65.5 Å². The van der Waals surface area contributed by atoms with Crippen molar-refractivity contribution in [3.63, 3.8) is 0 Å². The minimum absolute atomic E-state index is 0.105. The average molecular weight is 350 g/mol. The number of carbonyl (C=O) groups excluding carboxylic acids is 1. The second-order valence-corrected chi connectivity index (χ2v) is 7.02. The normalized spacial score (nSPS) is 11.1. The monoisotopic (exact) mass is 350 g/mol. The van der Waals surface area contributed by atoms with Crippen LogP contribution in [0.5, 0.6) is 0 Å². The molecular weight excluding hydrogens is 327 g/mol. The molecule has 0 atom stereocenters. The Labute approximate surface area is 153 Å². The molecule has 0 spiro atoms. The lowest BCUT2D eigenvalue weighted by Crippen LogP contribution is -2.25. The highest BCUT2D eigenvalue weighted by Gasteiger charge is 2.14. The van der Waals surface area contributed by atoms with Gasteiger partial charge in [-0.1, -0.05) is 25.5 Å². The molecule has 1 amide bonds. The predicted molar refractivity (Wildman–Crippen MR) is 104 cm³/mol. The molecule has 0 bridgehead atoms. The number of nitrogens with one attached hydrogen (secondary N) is 1. The topological polar surface area (TPSA) is 42.0 Å². The van der Waals surface area contributed by atoms with Gasteiger partial charge in [-0.2, -0.15) is 0 Å². The number of carbonyl (C=O) groups is 1. The van der Waals surface area contributed by atoms with Crippen molar-refractivity contribution >= 4 is 16.8 Å². The van der Waals surface area contributed by atoms with Gasteiger partial charge in [-0.15, -0.1) is 0 Å². The van der Waals surface area contributed by atoms with E-state index < -0.39 is 0 Å². The molecule has 3 aromatic rings. The van der Waals surface area contributed by atoms with Crippen LogP contribution in [-0.2, 0) is 0 Å². The zero-order chi connectivity index (χ0) is 18.7. The molecule has 1 N–H and O–H groups in total. The molecule has 0 aliphatic carbocycles. The summed E-state index contributed by atoms with van der Waals surface area (Å²) in [4.78, 5) is 17.5. The first-order chi connectivity index (χ1) is 12.4. The highest BCUT2D eigenvalue weighted by Crippen LogP contribution is 2.26. The summed E-state index contributed by atoms with van der Waals surface area (Å²) in [5, 5.41) is 3.83. The maximum Gasteiger partial charge on any atom is 0.252 e. The number of fused-ring (bicyclic) bond motifs is 1. The highest BCUT2D eigenvalue weighted by molar-refractivity contribution is 6.07. The number of hydrogen-bond donors (Lipinski definition) is 1. The third kappa shape index (κ3) is 4.07. The molecular formula is C22H23FN2O. The first-order valence-electron chi connectivity index (χ1n) is 8.89. The summed E-state index contributed by atoms with van der Waals surface area (Å²) in [6.45, 7) is 6.89. The number of benzene rings is 2. The van der Waals surface area contributed by atoms with Crippen LogP contribution in [0.3, 0.4) is 0 Å². The van der Waals surface area contributed by atoms with Crippen LogP contribution in [0, 0.1) is 18.7 Å². The summed E-state index contributed by atoms with van der Waals surface area (Å²) in [5.41, 5.74) is 3.87. The van der Waals surface area contributed by atoms with Crippen molar-refractivity contribution in [3.8, 4) is 11.3 Å². The Morgan fingerprint density at radius 2 is 1.85 bits per heavy atom. The van der Waals surface area contributed by atoms with Crippen molar-refractivity contribution in [2.45, 2.75) is 27.2 Å². The molecule has 1 aromatic heterocycles. The smallest absolute Gasteiger partial charge is 0.252 e. The molecule has 2 aromatic carbocycles. The van der Waals surface area contributed by atoms with Crippen LogP contribution >= 0.6 is 0 Å². The van der Waals surface area contributed by atoms with Crippen molar-refractivity contribution in [2.75, 3.05) is 6.54 Å². The number of rotatable bonds is 5. The summed E-state index contributed by atoms with van der Waals surface area (Å²) in [6.07, 6.45) is 0.929. The Balaban J connectivity index is 2.05. The Morgan fingerprint density at radius 1 is 1.12 bits per heavy atom. The number of halogens is 1. The Hall–Kier alpha value is -2.75. The van der Waals surface area contributed by atoms with Gasteiger partial charge in [0.1, 0.15) is 5.82 Å². The van der Waals surface area contributed by atoms with Crippen molar-refractivity contribution in [1.82, 2.24) is 10.3 Å². The van der Waals surface area contributed by atoms with Gasteiger partial charge in [-0.25, -0.2) is 9.37 Å². The lowest BCUT2D eigenvalue weighted by Gasteiger charge is -2.12. The first kappa shape index (κ1) is 18.1. The summed E-state index contributed by atoms with van der Waals surface area (Å²) < 4.78 is 13.2. The number of aromatic nitrogens is 1. The SMILES string of the molecule is Cc1ccc2nc(-c3ccc(F)cc3)cc(C(=O)NCCC(C)C)c2c1. The number of aryl methyl sites for hydroxylation is 1. The maximum absolute atomic E-state index is 13.2. The summed E-state index contributed by atoms with van der Waals surface area (Å²) >= 11 is 0. The molecule has 0 saturated heterocycles. The molecule has 1 heterocycles. The quantitative estimate of drug-likeness (QED) is 0.693. The van der Waals surface area contributed by atoms with E-state index in [1.165, 1.54) is 12.1 Å². The Kier molecular flexibility index (Phi) is 5.31. The largest absolute Gasteiger partial charge is 0.352 e. The standard InChI is InChI=1S/C22H23FN2O/c1-14(2)10-11-24-22(26)19-13-21(16-5-7-17(23)8-6-16)25-20-9-4-15(3)12-18(19)20/h4-9,12-14H,10-11H2,1-3H3,(H,24,26). The van der Waals surface area contributed by atoms with E-state index in [1.807, 2.05) is 25.1 Å². The Morgan fingerprint density at radius 3 is 2.54 bits per heavy atom. The summed E-state index contributed by atoms with van der Waals surface area (Å²) in [6, 6.07) is 13.8. The predicted octanol–water partition coefficient (Wildman–Crippen LogP) is 5.13. The van der Waals surface area contributed by atoms with Crippen molar-refractivity contribution in [2.24, 2.45) is 5.92 Å². The second-order valence-electron chi connectivity index (χ2n) is 7.02. The average Bonchev–Trinajstić information content (AvgIpc) is 2.61. The van der Waals surface area contributed by atoms with E-state index in [-0.39, 0.29) is 11.7 Å². The first-order valence-corrected chi connectivity index (χ1v) is 8.89. The van der Waals surface area contributed by atoms with Gasteiger partial charge in [0, 0.05) is 17.5 Å². The number of amides is 1. The van der Waals surface area contributed by atoms with Crippen LogP contribution < -0.4 is 5.32 Å². The summed E-state index contributed by atoms with van der Waals surface area (Å²) in [7, 11) is 0. The van der Waals surface area contributed by atoms with Crippen LogP contribution in [0.25, 0.3) is 22.2 Å². The van der Waals surface area contributed by atoms with Crippen LogP contribution in [0.1, 0.15) is 36.2 Å². The van der Waals surface area contributed by atoms with Gasteiger partial charge >= 0.3 is 0 Å². The molecule has 0 unspecified atom stereocenters. The molecule has 0 saturated carbocycles. The van der Waals surface area contributed by atoms with Gasteiger partial charge in [0.2, 0.25) is 0 Å². The van der Waals surface area contributed by atoms with E-state index in [4.69, 9.17) is 0 Å². The minimum atomic E-state index is -0.295. The lowest BCUT2D eigenvalue weighted by atomic mass is 10.0. The van der Waals surface area contributed by atoms with Gasteiger partial charge in [-0.3, -0.25) is 4.79 Å². The van der Waals surface area contributed by atoms with Crippen molar-refractivity contribution < 1.29 is 9.18 Å². The number of pyridine rings is 1. The van der Waals surface area contributed by atoms with E-state index in [1.54, 1.807) is 18.2 Å². The van der Waals surface area contributed by atoms with E-state index in [0.717, 1.165) is 28.5 Å². The lowest BCUT2D eigenvalue weighted by molar-refractivity contribution is 0.0953. The van der Waals surface area contributed by atoms with Crippen LogP contribution in [-0.4, -0.2) is 17.4 Å². The molecule has 3 rings (SSSR count). The zero-order valence-electron chi connectivity index (χ0n) is 15.3. The van der Waals surface area contributed by atoms with Crippen LogP contribution in [0.15, 0.2) is 48.5 Å². The fourth-order valence-electron chi connectivity index (χ4n) is 2.87. The van der Waals surface area contributed by atoms with E-state index >= 15 is 0 Å². The van der Waals surface area contributed by atoms with Crippen LogP contribution in [0.4, 0.5) is 4.39 Å². The number of hydrogen-bond acceptors (Lipinski definition) is 2. The molecule has 0 fully saturated rings. The zero-order valence-corrected chi connectivity index (χ0v) is 15.3. The van der Waals surface area contributed by atoms with Gasteiger partial charge in [0.25, 0.3) is 5.91 Å². The van der Waals surface area contributed by atoms with Gasteiger partial charge in [-0.05, 0) is 61.7 Å². The highest BCUT2D eigenvalue weighted by atomic mass is 19.1. The molecule has 26 heavy (non-hydrogen) atoms. The van der Waals surface area contributed by atoms with Crippen molar-refractivity contribution in [1.29, 1.82) is 0 Å². The third-order valence-electron chi connectivity index (χ3n) is 4.36. The van der Waals surface area contributed by atoms with Crippen LogP contribution in [0.2, 0.25) is 0 Å². The van der Waals surface area contributed by atoms with E-state index in [0.29, 0.717) is 23.7 Å². The fourth-order valence-corrected chi connectivity index (χ4v) is 2.87. The second kappa shape index (κ2) is 7.65. The molecule has 134 valence electrons. The third-order valence-corrected chi connectivity index (χ3v) is 4.36. The molecule has 0 radical (unpaired) electrons. The molecule has 0 aliphatic heterocycles. The molecule has 0 aliphatic rings. The minimum Gasteiger partial charge on any atom is -0.352 e. The molecule has 3 nitrogen and oxygen atoms in total. The number of nitrogens with zero attached hydrogens (tertiary/aromatic N) is 1. The Bertz CT molecular complexity index is 933.